The second-order valence-corrected chi connectivity index (χ2v) is 3.52. The van der Waals surface area contributed by atoms with E-state index < -0.39 is 0 Å². The Labute approximate surface area is 74.7 Å². The fourth-order valence-corrected chi connectivity index (χ4v) is 0.782. The van der Waals surface area contributed by atoms with Crippen molar-refractivity contribution in [1.29, 1.82) is 5.26 Å². The molecule has 0 spiro atoms. The van der Waals surface area contributed by atoms with Crippen LogP contribution in [0.3, 0.4) is 0 Å². The zero-order valence-electron chi connectivity index (χ0n) is 8.18. The Morgan fingerprint density at radius 1 is 1.50 bits per heavy atom. The molecule has 1 N–H and O–H groups in total. The van der Waals surface area contributed by atoms with Crippen molar-refractivity contribution in [2.45, 2.75) is 20.3 Å². The third kappa shape index (κ3) is 6.14. The number of nitrogens with one attached hydrogen (secondary N) is 1. The number of hydrogen-bond acceptors (Lipinski definition) is 3. The second-order valence-electron chi connectivity index (χ2n) is 3.52. The van der Waals surface area contributed by atoms with E-state index in [0.29, 0.717) is 0 Å². The topological polar surface area (TPSA) is 45.0 Å². The van der Waals surface area contributed by atoms with Crippen molar-refractivity contribution in [3.8, 4) is 6.07 Å². The summed E-state index contributed by atoms with van der Waals surface area (Å²) in [5.74, 6) is 0. The first kappa shape index (κ1) is 11.4. The van der Waals surface area contributed by atoms with Crippen molar-refractivity contribution < 1.29 is 4.74 Å². The lowest BCUT2D eigenvalue weighted by molar-refractivity contribution is 0.193. The Hall–Kier alpha value is -0.590. The normalized spacial score (nSPS) is 11.2. The monoisotopic (exact) mass is 170 g/mol. The lowest BCUT2D eigenvalue weighted by atomic mass is 9.96. The standard InChI is InChI=1S/C9H18N2O/c1-9(2,7-10)8-11-5-4-6-12-3/h11H,4-6,8H2,1-3H3. The maximum Gasteiger partial charge on any atom is 0.0697 e. The summed E-state index contributed by atoms with van der Waals surface area (Å²) in [6, 6.07) is 2.24. The van der Waals surface area contributed by atoms with Crippen molar-refractivity contribution in [3.63, 3.8) is 0 Å². The van der Waals surface area contributed by atoms with Gasteiger partial charge in [-0.3, -0.25) is 0 Å². The van der Waals surface area contributed by atoms with E-state index in [0.717, 1.165) is 26.1 Å². The fourth-order valence-electron chi connectivity index (χ4n) is 0.782. The molecule has 0 aromatic carbocycles. The van der Waals surface area contributed by atoms with Gasteiger partial charge in [0.1, 0.15) is 0 Å². The van der Waals surface area contributed by atoms with Gasteiger partial charge in [-0.1, -0.05) is 0 Å². The minimum atomic E-state index is -0.257. The highest BCUT2D eigenvalue weighted by molar-refractivity contribution is 4.93. The van der Waals surface area contributed by atoms with E-state index in [-0.39, 0.29) is 5.41 Å². The van der Waals surface area contributed by atoms with Gasteiger partial charge in [0.25, 0.3) is 0 Å². The van der Waals surface area contributed by atoms with Crippen LogP contribution in [0.1, 0.15) is 20.3 Å². The second kappa shape index (κ2) is 5.99. The van der Waals surface area contributed by atoms with E-state index in [1.54, 1.807) is 7.11 Å². The van der Waals surface area contributed by atoms with Crippen LogP contribution in [0, 0.1) is 16.7 Å². The summed E-state index contributed by atoms with van der Waals surface area (Å²) < 4.78 is 4.90. The van der Waals surface area contributed by atoms with Crippen LogP contribution in [-0.2, 0) is 4.74 Å². The van der Waals surface area contributed by atoms with Crippen LogP contribution in [0.25, 0.3) is 0 Å². The molecule has 0 aliphatic heterocycles. The van der Waals surface area contributed by atoms with Crippen LogP contribution in [-0.4, -0.2) is 26.8 Å². The largest absolute Gasteiger partial charge is 0.385 e. The van der Waals surface area contributed by atoms with Gasteiger partial charge in [-0.2, -0.15) is 5.26 Å². The quantitative estimate of drug-likeness (QED) is 0.608. The molecule has 0 fully saturated rings. The molecule has 0 heterocycles. The molecule has 3 nitrogen and oxygen atoms in total. The van der Waals surface area contributed by atoms with Crippen molar-refractivity contribution in [2.24, 2.45) is 5.41 Å². The molecular weight excluding hydrogens is 152 g/mol. The van der Waals surface area contributed by atoms with Gasteiger partial charge in [-0.05, 0) is 26.8 Å². The lowest BCUT2D eigenvalue weighted by Gasteiger charge is -2.15. The molecule has 0 rings (SSSR count). The number of nitriles is 1. The average Bonchev–Trinajstić information content (AvgIpc) is 2.04. The summed E-state index contributed by atoms with van der Waals surface area (Å²) in [5.41, 5.74) is -0.257. The first-order valence-corrected chi connectivity index (χ1v) is 4.23. The van der Waals surface area contributed by atoms with Crippen molar-refractivity contribution in [2.75, 3.05) is 26.8 Å². The molecule has 0 aromatic heterocycles. The van der Waals surface area contributed by atoms with Gasteiger partial charge in [0.2, 0.25) is 0 Å². The fraction of sp³-hybridized carbons (Fsp3) is 0.889. The molecule has 0 aliphatic carbocycles. The van der Waals surface area contributed by atoms with Crippen molar-refractivity contribution >= 4 is 0 Å². The zero-order chi connectivity index (χ0) is 9.45. The summed E-state index contributed by atoms with van der Waals surface area (Å²) in [7, 11) is 1.69. The minimum Gasteiger partial charge on any atom is -0.385 e. The molecule has 0 bridgehead atoms. The predicted molar refractivity (Wildman–Crippen MR) is 48.8 cm³/mol. The van der Waals surface area contributed by atoms with E-state index in [1.165, 1.54) is 0 Å². The van der Waals surface area contributed by atoms with Crippen LogP contribution in [0.15, 0.2) is 0 Å². The molecule has 0 aromatic rings. The van der Waals surface area contributed by atoms with Crippen LogP contribution in [0.5, 0.6) is 0 Å². The van der Waals surface area contributed by atoms with Gasteiger partial charge >= 0.3 is 0 Å². The SMILES string of the molecule is COCCCNCC(C)(C)C#N. The first-order valence-electron chi connectivity index (χ1n) is 4.23. The molecule has 0 saturated carbocycles. The highest BCUT2D eigenvalue weighted by Gasteiger charge is 2.14. The van der Waals surface area contributed by atoms with Crippen molar-refractivity contribution in [1.82, 2.24) is 5.32 Å². The summed E-state index contributed by atoms with van der Waals surface area (Å²) >= 11 is 0. The molecule has 0 unspecified atom stereocenters. The number of hydrogen-bond donors (Lipinski definition) is 1. The summed E-state index contributed by atoms with van der Waals surface area (Å²) in [4.78, 5) is 0. The molecule has 0 aliphatic rings. The summed E-state index contributed by atoms with van der Waals surface area (Å²) in [6.07, 6.45) is 0.998. The Balaban J connectivity index is 3.27. The highest BCUT2D eigenvalue weighted by Crippen LogP contribution is 2.10. The minimum absolute atomic E-state index is 0.257. The Morgan fingerprint density at radius 3 is 2.67 bits per heavy atom. The van der Waals surface area contributed by atoms with Gasteiger partial charge in [-0.25, -0.2) is 0 Å². The van der Waals surface area contributed by atoms with Gasteiger partial charge in [0.15, 0.2) is 0 Å². The molecular formula is C9H18N2O. The highest BCUT2D eigenvalue weighted by atomic mass is 16.5. The summed E-state index contributed by atoms with van der Waals surface area (Å²) in [5, 5.41) is 11.9. The smallest absolute Gasteiger partial charge is 0.0697 e. The Morgan fingerprint density at radius 2 is 2.17 bits per heavy atom. The van der Waals surface area contributed by atoms with E-state index in [9.17, 15) is 0 Å². The van der Waals surface area contributed by atoms with E-state index >= 15 is 0 Å². The molecule has 0 atom stereocenters. The van der Waals surface area contributed by atoms with Gasteiger partial charge < -0.3 is 10.1 Å². The third-order valence-corrected chi connectivity index (χ3v) is 1.57. The Bertz CT molecular complexity index is 149. The average molecular weight is 170 g/mol. The molecule has 12 heavy (non-hydrogen) atoms. The number of rotatable bonds is 6. The van der Waals surface area contributed by atoms with Crippen LogP contribution in [0.2, 0.25) is 0 Å². The van der Waals surface area contributed by atoms with Crippen LogP contribution < -0.4 is 5.32 Å². The van der Waals surface area contributed by atoms with Crippen LogP contribution >= 0.6 is 0 Å². The number of nitrogens with zero attached hydrogens (tertiary/aromatic N) is 1. The molecule has 3 heteroatoms. The molecule has 0 saturated heterocycles. The number of ether oxygens (including phenoxy) is 1. The van der Waals surface area contributed by atoms with Gasteiger partial charge in [0, 0.05) is 20.3 Å². The van der Waals surface area contributed by atoms with Crippen molar-refractivity contribution in [3.05, 3.63) is 0 Å². The Kier molecular flexibility index (Phi) is 5.69. The summed E-state index contributed by atoms with van der Waals surface area (Å²) in [6.45, 7) is 6.29. The molecule has 0 amide bonds. The van der Waals surface area contributed by atoms with E-state index in [4.69, 9.17) is 10.00 Å². The van der Waals surface area contributed by atoms with Crippen LogP contribution in [0.4, 0.5) is 0 Å². The van der Waals surface area contributed by atoms with Gasteiger partial charge in [0.05, 0.1) is 11.5 Å². The molecule has 70 valence electrons. The molecule has 0 radical (unpaired) electrons. The first-order chi connectivity index (χ1) is 5.62. The predicted octanol–water partition coefficient (Wildman–Crippen LogP) is 1.16. The number of methoxy groups -OCH3 is 1. The lowest BCUT2D eigenvalue weighted by Crippen LogP contribution is -2.29. The van der Waals surface area contributed by atoms with E-state index in [2.05, 4.69) is 11.4 Å². The maximum atomic E-state index is 8.68. The maximum absolute atomic E-state index is 8.68. The third-order valence-electron chi connectivity index (χ3n) is 1.57. The zero-order valence-corrected chi connectivity index (χ0v) is 8.18. The van der Waals surface area contributed by atoms with Gasteiger partial charge in [-0.15, -0.1) is 0 Å². The van der Waals surface area contributed by atoms with E-state index in [1.807, 2.05) is 13.8 Å².